The van der Waals surface area contributed by atoms with Crippen molar-refractivity contribution in [3.8, 4) is 17.7 Å². The third-order valence-corrected chi connectivity index (χ3v) is 4.12. The van der Waals surface area contributed by atoms with E-state index < -0.39 is 69.8 Å². The van der Waals surface area contributed by atoms with Crippen molar-refractivity contribution in [2.45, 2.75) is 13.5 Å². The Bertz CT molecular complexity index is 1090. The molecule has 0 amide bonds. The summed E-state index contributed by atoms with van der Waals surface area (Å²) in [5, 5.41) is 19.5. The monoisotopic (exact) mass is 432 g/mol. The molecule has 2 rings (SSSR count). The molecule has 0 atom stereocenters. The highest BCUT2D eigenvalue weighted by atomic mass is 19.2. The first-order chi connectivity index (χ1) is 14.1. The van der Waals surface area contributed by atoms with Crippen LogP contribution in [-0.2, 0) is 11.3 Å². The quantitative estimate of drug-likeness (QED) is 0.312. The van der Waals surface area contributed by atoms with Crippen LogP contribution in [0.2, 0.25) is 0 Å². The average Bonchev–Trinajstić information content (AvgIpc) is 2.71. The van der Waals surface area contributed by atoms with Crippen LogP contribution >= 0.6 is 0 Å². The lowest BCUT2D eigenvalue weighted by molar-refractivity contribution is 0.0907. The summed E-state index contributed by atoms with van der Waals surface area (Å²) in [4.78, 5) is 24.7. The summed E-state index contributed by atoms with van der Waals surface area (Å²) in [6.07, 6.45) is 0. The van der Waals surface area contributed by atoms with Crippen LogP contribution in [-0.4, -0.2) is 35.8 Å². The molecule has 0 aliphatic rings. The smallest absolute Gasteiger partial charge is 0.271 e. The predicted octanol–water partition coefficient (Wildman–Crippen LogP) is 2.34. The van der Waals surface area contributed by atoms with E-state index in [2.05, 4.69) is 4.74 Å². The Hall–Kier alpha value is -3.46. The van der Waals surface area contributed by atoms with Gasteiger partial charge in [0.2, 0.25) is 40.7 Å². The van der Waals surface area contributed by atoms with E-state index in [4.69, 9.17) is 4.74 Å². The van der Waals surface area contributed by atoms with E-state index >= 15 is 0 Å². The highest BCUT2D eigenvalue weighted by Crippen LogP contribution is 2.30. The third kappa shape index (κ3) is 3.84. The van der Waals surface area contributed by atoms with Gasteiger partial charge in [-0.05, 0) is 12.5 Å². The first-order valence-corrected chi connectivity index (χ1v) is 8.11. The summed E-state index contributed by atoms with van der Waals surface area (Å²) in [5.74, 6) is -15.3. The lowest BCUT2D eigenvalue weighted by atomic mass is 10.0. The minimum atomic E-state index is -2.40. The lowest BCUT2D eigenvalue weighted by Crippen LogP contribution is -2.29. The summed E-state index contributed by atoms with van der Waals surface area (Å²) in [5.41, 5.74) is -2.25. The maximum atomic E-state index is 13.7. The zero-order valence-corrected chi connectivity index (χ0v) is 15.5. The Balaban J connectivity index is 2.49. The maximum absolute atomic E-state index is 13.7. The number of carbonyl (C=O) groups excluding carboxylic acids is 1. The number of pyridine rings is 1. The molecule has 0 fully saturated rings. The maximum Gasteiger partial charge on any atom is 0.271 e. The SMILES string of the molecule is COCCn1c(O)c(C(=O)COc2c(F)c(F)c(F)c(F)c2F)c(C)c(C#N)c1=O. The number of halogens is 5. The Kier molecular flexibility index (Phi) is 6.78. The normalized spacial score (nSPS) is 10.7. The molecule has 1 aromatic heterocycles. The van der Waals surface area contributed by atoms with Crippen LogP contribution in [0, 0.1) is 47.3 Å². The van der Waals surface area contributed by atoms with E-state index in [1.165, 1.54) is 7.11 Å². The molecular formula is C18H13F5N2O5. The van der Waals surface area contributed by atoms with Gasteiger partial charge >= 0.3 is 0 Å². The second-order valence-electron chi connectivity index (χ2n) is 5.87. The largest absolute Gasteiger partial charge is 0.494 e. The number of ether oxygens (including phenoxy) is 2. The summed E-state index contributed by atoms with van der Waals surface area (Å²) in [6.45, 7) is -0.420. The van der Waals surface area contributed by atoms with Crippen LogP contribution in [0.15, 0.2) is 4.79 Å². The fraction of sp³-hybridized carbons (Fsp3) is 0.278. The number of aromatic hydroxyl groups is 1. The van der Waals surface area contributed by atoms with Crippen molar-refractivity contribution in [2.75, 3.05) is 20.3 Å². The van der Waals surface area contributed by atoms with Crippen molar-refractivity contribution < 1.29 is 41.3 Å². The molecule has 0 saturated heterocycles. The molecule has 0 aliphatic carbocycles. The molecule has 7 nitrogen and oxygen atoms in total. The lowest BCUT2D eigenvalue weighted by Gasteiger charge is -2.16. The molecule has 1 N–H and O–H groups in total. The van der Waals surface area contributed by atoms with Crippen molar-refractivity contribution in [2.24, 2.45) is 0 Å². The first-order valence-electron chi connectivity index (χ1n) is 8.11. The number of nitriles is 1. The van der Waals surface area contributed by atoms with Crippen LogP contribution in [0.5, 0.6) is 11.6 Å². The number of benzene rings is 1. The zero-order valence-electron chi connectivity index (χ0n) is 15.5. The van der Waals surface area contributed by atoms with Crippen LogP contribution in [0.3, 0.4) is 0 Å². The Labute approximate surface area is 165 Å². The van der Waals surface area contributed by atoms with Gasteiger partial charge in [0.15, 0.2) is 12.4 Å². The fourth-order valence-electron chi connectivity index (χ4n) is 2.60. The standard InChI is InChI=1S/C18H13F5N2O5/c1-7-8(5-24)17(27)25(3-4-29-2)18(28)10(7)9(26)6-30-16-14(22)12(20)11(19)13(21)15(16)23/h28H,3-4,6H2,1-2H3. The van der Waals surface area contributed by atoms with Crippen molar-refractivity contribution in [1.82, 2.24) is 4.57 Å². The molecule has 2 aromatic rings. The number of rotatable bonds is 7. The Morgan fingerprint density at radius 1 is 1.10 bits per heavy atom. The molecule has 1 heterocycles. The number of nitrogens with zero attached hydrogens (tertiary/aromatic N) is 2. The van der Waals surface area contributed by atoms with Gasteiger partial charge in [0, 0.05) is 7.11 Å². The van der Waals surface area contributed by atoms with E-state index in [9.17, 15) is 41.9 Å². The van der Waals surface area contributed by atoms with Crippen molar-refractivity contribution in [3.63, 3.8) is 0 Å². The molecule has 0 radical (unpaired) electrons. The molecular weight excluding hydrogens is 419 g/mol. The summed E-state index contributed by atoms with van der Waals surface area (Å²) in [7, 11) is 1.30. The Morgan fingerprint density at radius 3 is 2.13 bits per heavy atom. The highest BCUT2D eigenvalue weighted by molar-refractivity contribution is 6.01. The molecule has 0 bridgehead atoms. The van der Waals surface area contributed by atoms with E-state index in [0.29, 0.717) is 4.57 Å². The zero-order chi connectivity index (χ0) is 22.7. The fourth-order valence-corrected chi connectivity index (χ4v) is 2.60. The van der Waals surface area contributed by atoms with Crippen LogP contribution in [0.25, 0.3) is 0 Å². The molecule has 12 heteroatoms. The molecule has 0 saturated carbocycles. The molecule has 160 valence electrons. The molecule has 0 spiro atoms. The summed E-state index contributed by atoms with van der Waals surface area (Å²) in [6, 6.07) is 1.58. The van der Waals surface area contributed by atoms with E-state index in [1.807, 2.05) is 0 Å². The van der Waals surface area contributed by atoms with Gasteiger partial charge in [-0.1, -0.05) is 0 Å². The molecule has 1 aromatic carbocycles. The van der Waals surface area contributed by atoms with Crippen molar-refractivity contribution >= 4 is 5.78 Å². The number of hydrogen-bond donors (Lipinski definition) is 1. The topological polar surface area (TPSA) is 102 Å². The molecule has 0 unspecified atom stereocenters. The number of carbonyl (C=O) groups is 1. The number of aromatic nitrogens is 1. The second kappa shape index (κ2) is 8.91. The third-order valence-electron chi connectivity index (χ3n) is 4.12. The van der Waals surface area contributed by atoms with Gasteiger partial charge in [0.1, 0.15) is 11.6 Å². The minimum Gasteiger partial charge on any atom is -0.494 e. The van der Waals surface area contributed by atoms with Gasteiger partial charge in [0.05, 0.1) is 18.7 Å². The van der Waals surface area contributed by atoms with Crippen molar-refractivity contribution in [3.05, 3.63) is 56.1 Å². The van der Waals surface area contributed by atoms with Gasteiger partial charge in [-0.3, -0.25) is 14.2 Å². The van der Waals surface area contributed by atoms with Gasteiger partial charge < -0.3 is 14.6 Å². The van der Waals surface area contributed by atoms with E-state index in [0.717, 1.165) is 6.92 Å². The van der Waals surface area contributed by atoms with Gasteiger partial charge in [0.25, 0.3) is 5.56 Å². The Morgan fingerprint density at radius 2 is 1.63 bits per heavy atom. The van der Waals surface area contributed by atoms with Crippen molar-refractivity contribution in [1.29, 1.82) is 5.26 Å². The number of methoxy groups -OCH3 is 1. The van der Waals surface area contributed by atoms with Crippen LogP contribution in [0.1, 0.15) is 21.5 Å². The van der Waals surface area contributed by atoms with Gasteiger partial charge in [-0.15, -0.1) is 0 Å². The number of ketones is 1. The van der Waals surface area contributed by atoms with Crippen LogP contribution < -0.4 is 10.3 Å². The first kappa shape index (κ1) is 22.8. The minimum absolute atomic E-state index is 0.0733. The second-order valence-corrected chi connectivity index (χ2v) is 5.87. The molecule has 0 aliphatic heterocycles. The number of hydrogen-bond acceptors (Lipinski definition) is 6. The predicted molar refractivity (Wildman–Crippen MR) is 89.8 cm³/mol. The van der Waals surface area contributed by atoms with E-state index in [1.54, 1.807) is 6.07 Å². The molecule has 30 heavy (non-hydrogen) atoms. The van der Waals surface area contributed by atoms with E-state index in [-0.39, 0.29) is 18.7 Å². The average molecular weight is 432 g/mol. The summed E-state index contributed by atoms with van der Waals surface area (Å²) < 4.78 is 76.8. The van der Waals surface area contributed by atoms with Gasteiger partial charge in [-0.25, -0.2) is 13.2 Å². The number of Topliss-reactive ketones (excluding diaryl/α,β-unsaturated/α-hetero) is 1. The van der Waals surface area contributed by atoms with Crippen LogP contribution in [0.4, 0.5) is 22.0 Å². The van der Waals surface area contributed by atoms with Gasteiger partial charge in [-0.2, -0.15) is 14.0 Å². The highest BCUT2D eigenvalue weighted by Gasteiger charge is 2.29. The summed E-state index contributed by atoms with van der Waals surface area (Å²) >= 11 is 0.